The van der Waals surface area contributed by atoms with Crippen molar-refractivity contribution in [2.24, 2.45) is 0 Å². The second kappa shape index (κ2) is 4.72. The molecule has 1 aromatic heterocycles. The van der Waals surface area contributed by atoms with Gasteiger partial charge in [0.1, 0.15) is 6.26 Å². The van der Waals surface area contributed by atoms with Crippen molar-refractivity contribution in [1.82, 2.24) is 4.98 Å². The predicted molar refractivity (Wildman–Crippen MR) is 82.4 cm³/mol. The van der Waals surface area contributed by atoms with Crippen molar-refractivity contribution in [3.8, 4) is 11.5 Å². The molecule has 0 amide bonds. The van der Waals surface area contributed by atoms with Crippen LogP contribution in [-0.4, -0.2) is 23.3 Å². The smallest absolute Gasteiger partial charge is 0.445 e. The van der Waals surface area contributed by atoms with Gasteiger partial charge in [-0.15, -0.1) is 0 Å². The molecule has 0 spiro atoms. The summed E-state index contributed by atoms with van der Waals surface area (Å²) < 4.78 is 17.6. The summed E-state index contributed by atoms with van der Waals surface area (Å²) in [4.78, 5) is 4.22. The summed E-state index contributed by atoms with van der Waals surface area (Å²) in [7, 11) is -0.371. The summed E-state index contributed by atoms with van der Waals surface area (Å²) >= 11 is 0. The monoisotopic (exact) mass is 285 g/mol. The number of aryl methyl sites for hydroxylation is 1. The van der Waals surface area contributed by atoms with Gasteiger partial charge in [0, 0.05) is 5.56 Å². The molecule has 3 rings (SSSR count). The highest BCUT2D eigenvalue weighted by molar-refractivity contribution is 6.62. The van der Waals surface area contributed by atoms with Crippen LogP contribution in [0.4, 0.5) is 0 Å². The van der Waals surface area contributed by atoms with Crippen molar-refractivity contribution in [3.05, 3.63) is 36.2 Å². The minimum Gasteiger partial charge on any atom is -0.445 e. The van der Waals surface area contributed by atoms with Gasteiger partial charge < -0.3 is 13.7 Å². The van der Waals surface area contributed by atoms with E-state index in [4.69, 9.17) is 13.7 Å². The van der Waals surface area contributed by atoms with E-state index in [1.165, 1.54) is 0 Å². The van der Waals surface area contributed by atoms with E-state index in [0.717, 1.165) is 16.6 Å². The highest BCUT2D eigenvalue weighted by atomic mass is 16.7. The zero-order valence-corrected chi connectivity index (χ0v) is 13.1. The van der Waals surface area contributed by atoms with Gasteiger partial charge in [0.2, 0.25) is 5.89 Å². The molecule has 1 fully saturated rings. The predicted octanol–water partition coefficient (Wildman–Crippen LogP) is 2.95. The van der Waals surface area contributed by atoms with E-state index in [1.807, 2.05) is 25.1 Å². The van der Waals surface area contributed by atoms with Gasteiger partial charge in [-0.05, 0) is 51.7 Å². The Morgan fingerprint density at radius 1 is 1.05 bits per heavy atom. The van der Waals surface area contributed by atoms with E-state index in [2.05, 4.69) is 32.7 Å². The molecule has 110 valence electrons. The van der Waals surface area contributed by atoms with Gasteiger partial charge >= 0.3 is 7.12 Å². The molecule has 0 saturated carbocycles. The number of hydrogen-bond acceptors (Lipinski definition) is 4. The van der Waals surface area contributed by atoms with E-state index < -0.39 is 0 Å². The molecule has 2 aromatic rings. The van der Waals surface area contributed by atoms with Crippen LogP contribution in [0.15, 0.2) is 35.1 Å². The third-order valence-corrected chi connectivity index (χ3v) is 4.45. The van der Waals surface area contributed by atoms with Crippen molar-refractivity contribution in [2.75, 3.05) is 0 Å². The Bertz CT molecular complexity index is 634. The maximum absolute atomic E-state index is 6.09. The summed E-state index contributed by atoms with van der Waals surface area (Å²) in [6.07, 6.45) is 3.23. The highest BCUT2D eigenvalue weighted by Crippen LogP contribution is 2.36. The fourth-order valence-corrected chi connectivity index (χ4v) is 2.35. The average molecular weight is 285 g/mol. The molecule has 0 aliphatic carbocycles. The summed E-state index contributed by atoms with van der Waals surface area (Å²) in [5.41, 5.74) is 2.37. The van der Waals surface area contributed by atoms with Gasteiger partial charge in [-0.3, -0.25) is 0 Å². The largest absolute Gasteiger partial charge is 0.494 e. The lowest BCUT2D eigenvalue weighted by atomic mass is 9.78. The van der Waals surface area contributed by atoms with Crippen molar-refractivity contribution in [1.29, 1.82) is 0 Å². The maximum Gasteiger partial charge on any atom is 0.494 e. The molecule has 5 heteroatoms. The third-order valence-electron chi connectivity index (χ3n) is 4.45. The topological polar surface area (TPSA) is 44.5 Å². The van der Waals surface area contributed by atoms with Gasteiger partial charge in [0.25, 0.3) is 0 Å². The first kappa shape index (κ1) is 14.4. The van der Waals surface area contributed by atoms with Crippen LogP contribution in [0.1, 0.15) is 33.3 Å². The number of oxazole rings is 1. The van der Waals surface area contributed by atoms with E-state index in [1.54, 1.807) is 12.5 Å². The number of rotatable bonds is 2. The quantitative estimate of drug-likeness (QED) is 0.796. The molecule has 1 aromatic carbocycles. The average Bonchev–Trinajstić information content (AvgIpc) is 2.97. The summed E-state index contributed by atoms with van der Waals surface area (Å²) in [5.74, 6) is 0.617. The number of hydrogen-bond donors (Lipinski definition) is 0. The van der Waals surface area contributed by atoms with Gasteiger partial charge in [-0.2, -0.15) is 0 Å². The van der Waals surface area contributed by atoms with E-state index in [9.17, 15) is 0 Å². The fourth-order valence-electron chi connectivity index (χ4n) is 2.35. The lowest BCUT2D eigenvalue weighted by Gasteiger charge is -2.32. The first-order chi connectivity index (χ1) is 9.80. The Balaban J connectivity index is 1.97. The molecular weight excluding hydrogens is 265 g/mol. The Morgan fingerprint density at radius 3 is 2.29 bits per heavy atom. The van der Waals surface area contributed by atoms with Crippen molar-refractivity contribution >= 4 is 12.6 Å². The molecule has 21 heavy (non-hydrogen) atoms. The zero-order chi connectivity index (χ0) is 15.3. The number of benzene rings is 1. The zero-order valence-electron chi connectivity index (χ0n) is 13.1. The van der Waals surface area contributed by atoms with Crippen molar-refractivity contribution < 1.29 is 13.7 Å². The van der Waals surface area contributed by atoms with Crippen LogP contribution in [0.2, 0.25) is 0 Å². The molecule has 1 aliphatic rings. The van der Waals surface area contributed by atoms with Gasteiger partial charge in [0.15, 0.2) is 0 Å². The Morgan fingerprint density at radius 2 is 1.71 bits per heavy atom. The third kappa shape index (κ3) is 2.41. The lowest BCUT2D eigenvalue weighted by Crippen LogP contribution is -2.41. The standard InChI is InChI=1S/C16H20BNO3/c1-11-6-7-12(10-13(11)14-18-8-9-19-14)17-20-15(2,3)16(4,5)21-17/h6-10H,1-5H3. The molecule has 0 bridgehead atoms. The maximum atomic E-state index is 6.09. The number of aromatic nitrogens is 1. The molecule has 4 nitrogen and oxygen atoms in total. The Kier molecular flexibility index (Phi) is 3.22. The van der Waals surface area contributed by atoms with Gasteiger partial charge in [-0.25, -0.2) is 4.98 Å². The molecule has 2 heterocycles. The van der Waals surface area contributed by atoms with E-state index >= 15 is 0 Å². The second-order valence-electron chi connectivity index (χ2n) is 6.50. The van der Waals surface area contributed by atoms with E-state index in [0.29, 0.717) is 5.89 Å². The normalized spacial score (nSPS) is 20.0. The van der Waals surface area contributed by atoms with Gasteiger partial charge in [0.05, 0.1) is 17.4 Å². The second-order valence-corrected chi connectivity index (χ2v) is 6.50. The van der Waals surface area contributed by atoms with Crippen LogP contribution < -0.4 is 5.46 Å². The lowest BCUT2D eigenvalue weighted by molar-refractivity contribution is 0.00578. The minimum absolute atomic E-state index is 0.342. The van der Waals surface area contributed by atoms with Crippen molar-refractivity contribution in [2.45, 2.75) is 45.8 Å². The van der Waals surface area contributed by atoms with Crippen LogP contribution >= 0.6 is 0 Å². The molecule has 0 N–H and O–H groups in total. The van der Waals surface area contributed by atoms with Crippen LogP contribution in [0.5, 0.6) is 0 Å². The molecule has 0 atom stereocenters. The first-order valence-corrected chi connectivity index (χ1v) is 7.16. The first-order valence-electron chi connectivity index (χ1n) is 7.16. The SMILES string of the molecule is Cc1ccc(B2OC(C)(C)C(C)(C)O2)cc1-c1ncco1. The van der Waals surface area contributed by atoms with Gasteiger partial charge in [-0.1, -0.05) is 12.1 Å². The molecule has 0 radical (unpaired) electrons. The Labute approximate surface area is 125 Å². The minimum atomic E-state index is -0.371. The molecule has 1 saturated heterocycles. The van der Waals surface area contributed by atoms with Crippen LogP contribution in [0.25, 0.3) is 11.5 Å². The summed E-state index contributed by atoms with van der Waals surface area (Å²) in [5, 5.41) is 0. The summed E-state index contributed by atoms with van der Waals surface area (Å²) in [6, 6.07) is 6.10. The fraction of sp³-hybridized carbons (Fsp3) is 0.438. The van der Waals surface area contributed by atoms with E-state index in [-0.39, 0.29) is 18.3 Å². The highest BCUT2D eigenvalue weighted by Gasteiger charge is 2.51. The Hall–Kier alpha value is -1.59. The van der Waals surface area contributed by atoms with Crippen molar-refractivity contribution in [3.63, 3.8) is 0 Å². The van der Waals surface area contributed by atoms with Crippen LogP contribution in [0.3, 0.4) is 0 Å². The van der Waals surface area contributed by atoms with Crippen LogP contribution in [0, 0.1) is 6.92 Å². The van der Waals surface area contributed by atoms with Crippen LogP contribution in [-0.2, 0) is 9.31 Å². The molecular formula is C16H20BNO3. The summed E-state index contributed by atoms with van der Waals surface area (Å²) in [6.45, 7) is 10.2. The number of nitrogens with zero attached hydrogens (tertiary/aromatic N) is 1. The molecule has 1 aliphatic heterocycles. The molecule has 0 unspecified atom stereocenters.